The average Bonchev–Trinajstić information content (AvgIpc) is 3.38. The van der Waals surface area contributed by atoms with E-state index < -0.39 is 0 Å². The lowest BCUT2D eigenvalue weighted by molar-refractivity contribution is -0.117. The predicted molar refractivity (Wildman–Crippen MR) is 167 cm³/mol. The highest BCUT2D eigenvalue weighted by molar-refractivity contribution is 5.99. The molecular weight excluding hydrogens is 478 g/mol. The number of hydrogen-bond acceptors (Lipinski definition) is 3. The first kappa shape index (κ1) is 30.5. The third-order valence-electron chi connectivity index (χ3n) is 8.14. The molecule has 1 aromatic heterocycles. The zero-order chi connectivity index (χ0) is 28.2. The molecule has 1 aliphatic carbocycles. The first-order chi connectivity index (χ1) is 18.9. The summed E-state index contributed by atoms with van der Waals surface area (Å²) in [6, 6.07) is 4.46. The number of benzene rings is 1. The van der Waals surface area contributed by atoms with Gasteiger partial charge < -0.3 is 4.98 Å². The molecule has 1 atom stereocenters. The number of ketones is 1. The van der Waals surface area contributed by atoms with E-state index in [9.17, 15) is 4.79 Å². The van der Waals surface area contributed by atoms with E-state index in [2.05, 4.69) is 49.8 Å². The van der Waals surface area contributed by atoms with Crippen LogP contribution in [0.25, 0.3) is 17.3 Å². The molecule has 0 amide bonds. The average molecular weight is 528 g/mol. The second kappa shape index (κ2) is 15.5. The number of imidazole rings is 1. The van der Waals surface area contributed by atoms with Crippen molar-refractivity contribution in [3.63, 3.8) is 0 Å². The molecule has 0 aliphatic heterocycles. The number of H-pyrrole nitrogens is 1. The van der Waals surface area contributed by atoms with E-state index in [1.807, 2.05) is 38.4 Å². The molecule has 0 bridgehead atoms. The Morgan fingerprint density at radius 1 is 1.15 bits per heavy atom. The highest BCUT2D eigenvalue weighted by Crippen LogP contribution is 2.32. The number of hydrogen-bond donors (Lipinski definition) is 1. The second-order valence-electron chi connectivity index (χ2n) is 11.1. The van der Waals surface area contributed by atoms with Crippen molar-refractivity contribution in [2.24, 2.45) is 10.9 Å². The third kappa shape index (κ3) is 8.74. The predicted octanol–water partition coefficient (Wildman–Crippen LogP) is 9.54. The summed E-state index contributed by atoms with van der Waals surface area (Å²) in [5.41, 5.74) is 10.2. The van der Waals surface area contributed by atoms with Crippen LogP contribution in [0, 0.1) is 12.8 Å². The maximum absolute atomic E-state index is 12.3. The van der Waals surface area contributed by atoms with E-state index in [0.29, 0.717) is 0 Å². The van der Waals surface area contributed by atoms with Crippen LogP contribution >= 0.6 is 0 Å². The van der Waals surface area contributed by atoms with Crippen LogP contribution < -0.4 is 0 Å². The van der Waals surface area contributed by atoms with Gasteiger partial charge in [0.05, 0.1) is 11.9 Å². The maximum Gasteiger partial charge on any atom is 0.158 e. The maximum atomic E-state index is 12.3. The van der Waals surface area contributed by atoms with Crippen molar-refractivity contribution >= 4 is 17.6 Å². The first-order valence-corrected chi connectivity index (χ1v) is 15.1. The zero-order valence-corrected chi connectivity index (χ0v) is 25.2. The summed E-state index contributed by atoms with van der Waals surface area (Å²) >= 11 is 0. The highest BCUT2D eigenvalue weighted by atomic mass is 16.1. The Bertz CT molecular complexity index is 1220. The summed E-state index contributed by atoms with van der Waals surface area (Å²) in [5.74, 6) is 1.31. The number of carbonyl (C=O) groups excluding carboxylic acids is 1. The van der Waals surface area contributed by atoms with Crippen molar-refractivity contribution < 1.29 is 4.79 Å². The topological polar surface area (TPSA) is 58.1 Å². The van der Waals surface area contributed by atoms with Gasteiger partial charge in [-0.1, -0.05) is 57.4 Å². The van der Waals surface area contributed by atoms with Crippen LogP contribution in [0.4, 0.5) is 0 Å². The fraction of sp³-hybridized carbons (Fsp3) is 0.514. The van der Waals surface area contributed by atoms with E-state index in [4.69, 9.17) is 4.98 Å². The van der Waals surface area contributed by atoms with Gasteiger partial charge in [-0.05, 0) is 107 Å². The standard InChI is InChI=1S/C35H49N3O/c1-7-21-36-27(6)31(29-15-14-16-29)17-12-10-11-13-18-35-37-24-33(38-35)32-23-30(26(5)22-28(32)9-3)19-20-34(39)25(4)8-2/h7,19-25H,8-18H2,1-6H3,(H,37,38)/b20-19-,21-7-,36-27?. The Morgan fingerprint density at radius 2 is 1.92 bits per heavy atom. The van der Waals surface area contributed by atoms with Crippen molar-refractivity contribution in [2.45, 2.75) is 112 Å². The monoisotopic (exact) mass is 527 g/mol. The van der Waals surface area contributed by atoms with Gasteiger partial charge >= 0.3 is 0 Å². The SMILES string of the molecule is C/C=C\N=C(C)C(CCCCCCc1ncc(-c2cc(/C=C\C(=O)C(C)CC)c(C)cc2CC)[nH]1)=C1CCC1. The molecule has 2 aromatic rings. The Morgan fingerprint density at radius 3 is 2.59 bits per heavy atom. The van der Waals surface area contributed by atoms with E-state index in [-0.39, 0.29) is 11.7 Å². The third-order valence-corrected chi connectivity index (χ3v) is 8.14. The molecular formula is C35H49N3O. The van der Waals surface area contributed by atoms with Crippen molar-refractivity contribution in [1.29, 1.82) is 0 Å². The summed E-state index contributed by atoms with van der Waals surface area (Å²) in [7, 11) is 0. The summed E-state index contributed by atoms with van der Waals surface area (Å²) in [5, 5.41) is 0. The van der Waals surface area contributed by atoms with Gasteiger partial charge in [-0.15, -0.1) is 0 Å². The number of rotatable bonds is 15. The molecule has 1 aromatic carbocycles. The second-order valence-corrected chi connectivity index (χ2v) is 11.1. The van der Waals surface area contributed by atoms with Crippen LogP contribution in [0.5, 0.6) is 0 Å². The number of aromatic amines is 1. The Balaban J connectivity index is 1.56. The smallest absolute Gasteiger partial charge is 0.158 e. The van der Waals surface area contributed by atoms with Gasteiger partial charge in [0.1, 0.15) is 5.82 Å². The zero-order valence-electron chi connectivity index (χ0n) is 25.2. The van der Waals surface area contributed by atoms with E-state index >= 15 is 0 Å². The highest BCUT2D eigenvalue weighted by Gasteiger charge is 2.16. The molecule has 1 heterocycles. The van der Waals surface area contributed by atoms with Gasteiger partial charge in [-0.25, -0.2) is 4.98 Å². The number of aromatic nitrogens is 2. The Kier molecular flexibility index (Phi) is 12.2. The Labute approximate surface area is 236 Å². The number of aliphatic imine (C=N–C) groups is 1. The van der Waals surface area contributed by atoms with E-state index in [1.165, 1.54) is 66.5 Å². The molecule has 0 spiro atoms. The van der Waals surface area contributed by atoms with Crippen molar-refractivity contribution in [2.75, 3.05) is 0 Å². The molecule has 0 radical (unpaired) electrons. The summed E-state index contributed by atoms with van der Waals surface area (Å²) in [6.07, 6.45) is 22.2. The van der Waals surface area contributed by atoms with Crippen molar-refractivity contribution in [3.05, 3.63) is 70.3 Å². The fourth-order valence-corrected chi connectivity index (χ4v) is 5.15. The van der Waals surface area contributed by atoms with E-state index in [0.717, 1.165) is 49.2 Å². The lowest BCUT2D eigenvalue weighted by atomic mass is 9.84. The number of nitrogens with zero attached hydrogens (tertiary/aromatic N) is 2. The van der Waals surface area contributed by atoms with Crippen molar-refractivity contribution in [1.82, 2.24) is 9.97 Å². The minimum absolute atomic E-state index is 0.0640. The fourth-order valence-electron chi connectivity index (χ4n) is 5.15. The lowest BCUT2D eigenvalue weighted by Crippen LogP contribution is -2.08. The normalized spacial score (nSPS) is 14.8. The molecule has 0 saturated heterocycles. The van der Waals surface area contributed by atoms with Gasteiger partial charge in [0, 0.05) is 29.8 Å². The number of aryl methyl sites for hydroxylation is 3. The molecule has 1 saturated carbocycles. The van der Waals surface area contributed by atoms with Gasteiger partial charge in [0.25, 0.3) is 0 Å². The number of nitrogens with one attached hydrogen (secondary N) is 1. The van der Waals surface area contributed by atoms with Gasteiger partial charge in [0.15, 0.2) is 5.78 Å². The van der Waals surface area contributed by atoms with Gasteiger partial charge in [-0.2, -0.15) is 0 Å². The molecule has 39 heavy (non-hydrogen) atoms. The molecule has 4 heteroatoms. The van der Waals surface area contributed by atoms with Gasteiger partial charge in [-0.3, -0.25) is 9.79 Å². The van der Waals surface area contributed by atoms with Crippen LogP contribution in [0.3, 0.4) is 0 Å². The molecule has 1 aliphatic rings. The van der Waals surface area contributed by atoms with Crippen LogP contribution in [-0.4, -0.2) is 21.5 Å². The van der Waals surface area contributed by atoms with Crippen LogP contribution in [-0.2, 0) is 17.6 Å². The molecule has 3 rings (SSSR count). The van der Waals surface area contributed by atoms with Crippen LogP contribution in [0.1, 0.15) is 115 Å². The number of carbonyl (C=O) groups is 1. The number of unbranched alkanes of at least 4 members (excludes halogenated alkanes) is 3. The molecule has 210 valence electrons. The molecule has 4 nitrogen and oxygen atoms in total. The van der Waals surface area contributed by atoms with Gasteiger partial charge in [0.2, 0.25) is 0 Å². The Hall–Kier alpha value is -3.01. The molecule has 1 N–H and O–H groups in total. The summed E-state index contributed by atoms with van der Waals surface area (Å²) in [4.78, 5) is 25.3. The first-order valence-electron chi connectivity index (χ1n) is 15.1. The molecule has 1 fully saturated rings. The van der Waals surface area contributed by atoms with Crippen LogP contribution in [0.2, 0.25) is 0 Å². The number of allylic oxidation sites excluding steroid dienone is 4. The minimum Gasteiger partial charge on any atom is -0.342 e. The quantitative estimate of drug-likeness (QED) is 0.142. The summed E-state index contributed by atoms with van der Waals surface area (Å²) < 4.78 is 0. The minimum atomic E-state index is 0.0640. The largest absolute Gasteiger partial charge is 0.342 e. The lowest BCUT2D eigenvalue weighted by Gasteiger charge is -2.22. The molecule has 1 unspecified atom stereocenters. The summed E-state index contributed by atoms with van der Waals surface area (Å²) in [6.45, 7) is 12.5. The van der Waals surface area contributed by atoms with Crippen LogP contribution in [0.15, 0.2) is 52.8 Å². The van der Waals surface area contributed by atoms with E-state index in [1.54, 1.807) is 11.6 Å². The van der Waals surface area contributed by atoms with Crippen molar-refractivity contribution in [3.8, 4) is 11.3 Å².